The van der Waals surface area contributed by atoms with Crippen LogP contribution in [-0.2, 0) is 17.6 Å². The number of amides is 3. The normalized spacial score (nSPS) is 13.6. The van der Waals surface area contributed by atoms with E-state index in [4.69, 9.17) is 0 Å². The predicted octanol–water partition coefficient (Wildman–Crippen LogP) is 3.36. The van der Waals surface area contributed by atoms with E-state index in [0.717, 1.165) is 30.2 Å². The van der Waals surface area contributed by atoms with Gasteiger partial charge in [0.2, 0.25) is 0 Å². The molecule has 0 saturated carbocycles. The average Bonchev–Trinajstić information content (AvgIpc) is 3.06. The first-order valence-corrected chi connectivity index (χ1v) is 10.9. The number of nitrogens with one attached hydrogen (secondary N) is 3. The van der Waals surface area contributed by atoms with E-state index in [0.29, 0.717) is 10.4 Å². The van der Waals surface area contributed by atoms with Crippen molar-refractivity contribution in [2.45, 2.75) is 38.5 Å². The minimum atomic E-state index is -0.494. The van der Waals surface area contributed by atoms with Crippen molar-refractivity contribution in [3.8, 4) is 0 Å². The molecular weight excluding hydrogens is 442 g/mol. The lowest BCUT2D eigenvalue weighted by Crippen LogP contribution is -2.46. The molecule has 0 fully saturated rings. The summed E-state index contributed by atoms with van der Waals surface area (Å²) in [5, 5.41) is 2.52. The van der Waals surface area contributed by atoms with Crippen molar-refractivity contribution in [3.63, 3.8) is 0 Å². The number of carbonyl (C=O) groups excluding carboxylic acids is 3. The van der Waals surface area contributed by atoms with Gasteiger partial charge in [-0.25, -0.2) is 0 Å². The third kappa shape index (κ3) is 5.65. The van der Waals surface area contributed by atoms with Gasteiger partial charge in [0.1, 0.15) is 0 Å². The molecule has 148 valence electrons. The molecular formula is C20H22BrN3O3S. The third-order valence-corrected chi connectivity index (χ3v) is 6.26. The zero-order valence-corrected chi connectivity index (χ0v) is 17.7. The molecule has 0 radical (unpaired) electrons. The second-order valence-corrected chi connectivity index (χ2v) is 8.72. The maximum atomic E-state index is 12.3. The first-order valence-electron chi connectivity index (χ1n) is 9.27. The standard InChI is InChI=1S/C20H22BrN3O3S/c21-15-8-5-7-14(10-15)19(26)22-12-18(25)23-24-20(27)17-11-13-6-3-1-2-4-9-16(13)28-17/h5,7-8,10-11H,1-4,6,9,12H2,(H,22,26)(H,23,25)(H,24,27). The molecule has 1 aliphatic rings. The van der Waals surface area contributed by atoms with Gasteiger partial charge in [0.15, 0.2) is 0 Å². The number of thiophene rings is 1. The lowest BCUT2D eigenvalue weighted by atomic mass is 10.00. The molecule has 3 N–H and O–H groups in total. The van der Waals surface area contributed by atoms with Crippen molar-refractivity contribution in [3.05, 3.63) is 55.7 Å². The van der Waals surface area contributed by atoms with Gasteiger partial charge < -0.3 is 5.32 Å². The van der Waals surface area contributed by atoms with Crippen LogP contribution in [0.1, 0.15) is 56.2 Å². The molecule has 6 nitrogen and oxygen atoms in total. The van der Waals surface area contributed by atoms with Crippen LogP contribution in [0, 0.1) is 0 Å². The first-order chi connectivity index (χ1) is 13.5. The summed E-state index contributed by atoms with van der Waals surface area (Å²) in [5.74, 6) is -1.18. The van der Waals surface area contributed by atoms with E-state index in [9.17, 15) is 14.4 Å². The Balaban J connectivity index is 1.47. The number of hydrazine groups is 1. The Hall–Kier alpha value is -2.19. The predicted molar refractivity (Wildman–Crippen MR) is 112 cm³/mol. The SMILES string of the molecule is O=C(CNC(=O)c1cccc(Br)c1)NNC(=O)c1cc2c(s1)CCCCCC2. The van der Waals surface area contributed by atoms with Crippen LogP contribution < -0.4 is 16.2 Å². The summed E-state index contributed by atoms with van der Waals surface area (Å²) in [5.41, 5.74) is 6.47. The molecule has 0 spiro atoms. The highest BCUT2D eigenvalue weighted by Crippen LogP contribution is 2.28. The zero-order valence-electron chi connectivity index (χ0n) is 15.3. The highest BCUT2D eigenvalue weighted by molar-refractivity contribution is 9.10. The molecule has 3 rings (SSSR count). The van der Waals surface area contributed by atoms with E-state index in [1.165, 1.54) is 34.6 Å². The van der Waals surface area contributed by atoms with Crippen LogP contribution in [0.15, 0.2) is 34.8 Å². The molecule has 1 aromatic carbocycles. The molecule has 0 saturated heterocycles. The second-order valence-electron chi connectivity index (χ2n) is 6.67. The smallest absolute Gasteiger partial charge is 0.279 e. The van der Waals surface area contributed by atoms with Crippen molar-refractivity contribution in [2.75, 3.05) is 6.54 Å². The summed E-state index contributed by atoms with van der Waals surface area (Å²) in [6, 6.07) is 8.80. The molecule has 1 heterocycles. The lowest BCUT2D eigenvalue weighted by molar-refractivity contribution is -0.120. The quantitative estimate of drug-likeness (QED) is 0.607. The summed E-state index contributed by atoms with van der Waals surface area (Å²) in [6.45, 7) is -0.230. The number of benzene rings is 1. The van der Waals surface area contributed by atoms with E-state index in [1.54, 1.807) is 18.2 Å². The van der Waals surface area contributed by atoms with Crippen LogP contribution in [-0.4, -0.2) is 24.3 Å². The van der Waals surface area contributed by atoms with Gasteiger partial charge in [-0.05, 0) is 55.5 Å². The maximum absolute atomic E-state index is 12.3. The van der Waals surface area contributed by atoms with Crippen molar-refractivity contribution < 1.29 is 14.4 Å². The fourth-order valence-corrected chi connectivity index (χ4v) is 4.63. The highest BCUT2D eigenvalue weighted by Gasteiger charge is 2.16. The molecule has 0 unspecified atom stereocenters. The molecule has 0 aliphatic heterocycles. The Labute approximate surface area is 176 Å². The number of fused-ring (bicyclic) bond motifs is 1. The minimum absolute atomic E-state index is 0.230. The van der Waals surface area contributed by atoms with Gasteiger partial charge in [-0.2, -0.15) is 0 Å². The number of aryl methyl sites for hydroxylation is 2. The Kier molecular flexibility index (Phi) is 7.22. The highest BCUT2D eigenvalue weighted by atomic mass is 79.9. The van der Waals surface area contributed by atoms with Crippen LogP contribution in [0.2, 0.25) is 0 Å². The molecule has 0 atom stereocenters. The van der Waals surface area contributed by atoms with E-state index in [1.807, 2.05) is 12.1 Å². The molecule has 8 heteroatoms. The van der Waals surface area contributed by atoms with Gasteiger partial charge >= 0.3 is 0 Å². The van der Waals surface area contributed by atoms with Gasteiger partial charge in [-0.1, -0.05) is 34.8 Å². The van der Waals surface area contributed by atoms with Gasteiger partial charge in [0.25, 0.3) is 17.7 Å². The lowest BCUT2D eigenvalue weighted by Gasteiger charge is -2.08. The summed E-state index contributed by atoms with van der Waals surface area (Å²) >= 11 is 4.79. The Morgan fingerprint density at radius 1 is 0.964 bits per heavy atom. The third-order valence-electron chi connectivity index (χ3n) is 4.53. The van der Waals surface area contributed by atoms with E-state index in [-0.39, 0.29) is 18.4 Å². The Morgan fingerprint density at radius 3 is 2.54 bits per heavy atom. The summed E-state index contributed by atoms with van der Waals surface area (Å²) in [4.78, 5) is 38.2. The van der Waals surface area contributed by atoms with Crippen LogP contribution in [0.4, 0.5) is 0 Å². The molecule has 28 heavy (non-hydrogen) atoms. The molecule has 3 amide bonds. The Bertz CT molecular complexity index is 856. The van der Waals surface area contributed by atoms with Crippen LogP contribution >= 0.6 is 27.3 Å². The van der Waals surface area contributed by atoms with E-state index < -0.39 is 5.91 Å². The summed E-state index contributed by atoms with van der Waals surface area (Å²) in [6.07, 6.45) is 6.80. The van der Waals surface area contributed by atoms with Crippen molar-refractivity contribution >= 4 is 45.0 Å². The van der Waals surface area contributed by atoms with Gasteiger partial charge in [-0.3, -0.25) is 25.2 Å². The van der Waals surface area contributed by atoms with Crippen LogP contribution in [0.25, 0.3) is 0 Å². The van der Waals surface area contributed by atoms with Gasteiger partial charge in [0, 0.05) is 14.9 Å². The molecule has 1 aliphatic carbocycles. The van der Waals surface area contributed by atoms with Gasteiger partial charge in [-0.15, -0.1) is 11.3 Å². The molecule has 0 bridgehead atoms. The van der Waals surface area contributed by atoms with Crippen LogP contribution in [0.3, 0.4) is 0 Å². The fourth-order valence-electron chi connectivity index (χ4n) is 3.08. The average molecular weight is 464 g/mol. The molecule has 2 aromatic rings. The number of hydrogen-bond acceptors (Lipinski definition) is 4. The number of halogens is 1. The largest absolute Gasteiger partial charge is 0.343 e. The van der Waals surface area contributed by atoms with Crippen LogP contribution in [0.5, 0.6) is 0 Å². The zero-order chi connectivity index (χ0) is 19.9. The number of rotatable bonds is 4. The first kappa shape index (κ1) is 20.5. The van der Waals surface area contributed by atoms with E-state index >= 15 is 0 Å². The second kappa shape index (κ2) is 9.84. The van der Waals surface area contributed by atoms with Crippen molar-refractivity contribution in [2.24, 2.45) is 0 Å². The van der Waals surface area contributed by atoms with E-state index in [2.05, 4.69) is 32.1 Å². The van der Waals surface area contributed by atoms with Crippen molar-refractivity contribution in [1.29, 1.82) is 0 Å². The Morgan fingerprint density at radius 2 is 1.75 bits per heavy atom. The van der Waals surface area contributed by atoms with Gasteiger partial charge in [0.05, 0.1) is 11.4 Å². The van der Waals surface area contributed by atoms with Crippen molar-refractivity contribution in [1.82, 2.24) is 16.2 Å². The number of carbonyl (C=O) groups is 3. The molecule has 1 aromatic heterocycles. The maximum Gasteiger partial charge on any atom is 0.279 e. The monoisotopic (exact) mass is 463 g/mol. The summed E-state index contributed by atoms with van der Waals surface area (Å²) in [7, 11) is 0. The number of hydrogen-bond donors (Lipinski definition) is 3. The fraction of sp³-hybridized carbons (Fsp3) is 0.350. The minimum Gasteiger partial charge on any atom is -0.343 e. The summed E-state index contributed by atoms with van der Waals surface area (Å²) < 4.78 is 0.780. The topological polar surface area (TPSA) is 87.3 Å².